The molecule has 0 atom stereocenters. The van der Waals surface area contributed by atoms with E-state index in [1.165, 1.54) is 22.5 Å². The summed E-state index contributed by atoms with van der Waals surface area (Å²) in [6.07, 6.45) is 0. The van der Waals surface area contributed by atoms with Gasteiger partial charge in [-0.25, -0.2) is 0 Å². The molecule has 0 saturated carbocycles. The summed E-state index contributed by atoms with van der Waals surface area (Å²) in [6.45, 7) is 4.46. The topological polar surface area (TPSA) is 3.24 Å². The fourth-order valence-electron chi connectivity index (χ4n) is 2.85. The predicted octanol–water partition coefficient (Wildman–Crippen LogP) is 5.90. The van der Waals surface area contributed by atoms with Gasteiger partial charge in [0.15, 0.2) is 0 Å². The second-order valence-electron chi connectivity index (χ2n) is 5.68. The standard InChI is InChI=1S/C21H21N/c1-17(2)22(19-13-7-4-8-14-19)21-16-10-9-15-20(21)18-11-5-3-6-12-18/h3-17H,1-2H3. The normalized spacial score (nSPS) is 10.7. The maximum Gasteiger partial charge on any atom is 0.0492 e. The van der Waals surface area contributed by atoms with Gasteiger partial charge < -0.3 is 4.90 Å². The molecule has 0 heterocycles. The summed E-state index contributed by atoms with van der Waals surface area (Å²) in [4.78, 5) is 2.39. The average Bonchev–Trinajstić information content (AvgIpc) is 2.57. The lowest BCUT2D eigenvalue weighted by molar-refractivity contribution is 0.789. The molecular weight excluding hydrogens is 266 g/mol. The number of anilines is 2. The summed E-state index contributed by atoms with van der Waals surface area (Å²) in [5.74, 6) is 0. The summed E-state index contributed by atoms with van der Waals surface area (Å²) in [5.41, 5.74) is 4.98. The van der Waals surface area contributed by atoms with Crippen molar-refractivity contribution in [1.29, 1.82) is 0 Å². The molecule has 0 aliphatic heterocycles. The van der Waals surface area contributed by atoms with Crippen LogP contribution in [0.15, 0.2) is 84.9 Å². The number of nitrogens with zero attached hydrogens (tertiary/aromatic N) is 1. The molecule has 0 N–H and O–H groups in total. The number of hydrogen-bond donors (Lipinski definition) is 0. The smallest absolute Gasteiger partial charge is 0.0492 e. The fourth-order valence-corrected chi connectivity index (χ4v) is 2.85. The third-order valence-electron chi connectivity index (χ3n) is 3.80. The summed E-state index contributed by atoms with van der Waals surface area (Å²) in [6, 6.07) is 30.2. The summed E-state index contributed by atoms with van der Waals surface area (Å²) in [7, 11) is 0. The van der Waals surface area contributed by atoms with E-state index in [0.29, 0.717) is 6.04 Å². The fraction of sp³-hybridized carbons (Fsp3) is 0.143. The zero-order valence-corrected chi connectivity index (χ0v) is 13.1. The Kier molecular flexibility index (Phi) is 4.24. The van der Waals surface area contributed by atoms with Crippen LogP contribution < -0.4 is 4.90 Å². The van der Waals surface area contributed by atoms with Crippen LogP contribution in [0.5, 0.6) is 0 Å². The van der Waals surface area contributed by atoms with Crippen molar-refractivity contribution in [2.45, 2.75) is 19.9 Å². The molecule has 3 rings (SSSR count). The van der Waals surface area contributed by atoms with Crippen molar-refractivity contribution in [3.63, 3.8) is 0 Å². The summed E-state index contributed by atoms with van der Waals surface area (Å²) >= 11 is 0. The van der Waals surface area contributed by atoms with Gasteiger partial charge in [0.1, 0.15) is 0 Å². The first-order valence-electron chi connectivity index (χ1n) is 7.76. The molecule has 0 bridgehead atoms. The number of para-hydroxylation sites is 2. The average molecular weight is 287 g/mol. The van der Waals surface area contributed by atoms with E-state index in [9.17, 15) is 0 Å². The summed E-state index contributed by atoms with van der Waals surface area (Å²) in [5, 5.41) is 0. The minimum atomic E-state index is 0.382. The molecule has 110 valence electrons. The molecule has 22 heavy (non-hydrogen) atoms. The van der Waals surface area contributed by atoms with E-state index in [4.69, 9.17) is 0 Å². The van der Waals surface area contributed by atoms with Gasteiger partial charge >= 0.3 is 0 Å². The highest BCUT2D eigenvalue weighted by Gasteiger charge is 2.16. The van der Waals surface area contributed by atoms with E-state index >= 15 is 0 Å². The number of benzene rings is 3. The minimum Gasteiger partial charge on any atom is -0.338 e. The maximum atomic E-state index is 2.39. The van der Waals surface area contributed by atoms with Crippen LogP contribution in [0.4, 0.5) is 11.4 Å². The van der Waals surface area contributed by atoms with Crippen molar-refractivity contribution in [3.8, 4) is 11.1 Å². The molecule has 0 aromatic heterocycles. The van der Waals surface area contributed by atoms with Crippen LogP contribution in [-0.2, 0) is 0 Å². The molecule has 3 aromatic rings. The molecule has 0 amide bonds. The van der Waals surface area contributed by atoms with Gasteiger partial charge in [0.25, 0.3) is 0 Å². The Balaban J connectivity index is 2.14. The lowest BCUT2D eigenvalue weighted by Crippen LogP contribution is -2.25. The lowest BCUT2D eigenvalue weighted by Gasteiger charge is -2.31. The molecule has 0 unspecified atom stereocenters. The molecule has 0 radical (unpaired) electrons. The predicted molar refractivity (Wildman–Crippen MR) is 95.6 cm³/mol. The van der Waals surface area contributed by atoms with Crippen LogP contribution in [0, 0.1) is 0 Å². The number of hydrogen-bond acceptors (Lipinski definition) is 1. The van der Waals surface area contributed by atoms with E-state index in [1.54, 1.807) is 0 Å². The van der Waals surface area contributed by atoms with Gasteiger partial charge in [0.05, 0.1) is 0 Å². The minimum absolute atomic E-state index is 0.382. The highest BCUT2D eigenvalue weighted by atomic mass is 15.2. The zero-order valence-electron chi connectivity index (χ0n) is 13.1. The first-order chi connectivity index (χ1) is 10.8. The zero-order chi connectivity index (χ0) is 15.4. The Hall–Kier alpha value is -2.54. The first-order valence-corrected chi connectivity index (χ1v) is 7.76. The second kappa shape index (κ2) is 6.48. The van der Waals surface area contributed by atoms with E-state index < -0.39 is 0 Å². The second-order valence-corrected chi connectivity index (χ2v) is 5.68. The van der Waals surface area contributed by atoms with E-state index in [-0.39, 0.29) is 0 Å². The lowest BCUT2D eigenvalue weighted by atomic mass is 10.0. The first kappa shape index (κ1) is 14.4. The van der Waals surface area contributed by atoms with Gasteiger partial charge in [0, 0.05) is 23.0 Å². The van der Waals surface area contributed by atoms with Crippen molar-refractivity contribution in [1.82, 2.24) is 0 Å². The quantitative estimate of drug-likeness (QED) is 0.577. The van der Waals surface area contributed by atoms with Gasteiger partial charge in [0.2, 0.25) is 0 Å². The highest BCUT2D eigenvalue weighted by molar-refractivity contribution is 5.82. The Morgan fingerprint density at radius 2 is 1.18 bits per heavy atom. The highest BCUT2D eigenvalue weighted by Crippen LogP contribution is 2.36. The molecule has 0 aliphatic rings. The van der Waals surface area contributed by atoms with Gasteiger partial charge in [-0.15, -0.1) is 0 Å². The molecule has 1 heteroatoms. The van der Waals surface area contributed by atoms with Crippen LogP contribution in [-0.4, -0.2) is 6.04 Å². The van der Waals surface area contributed by atoms with Crippen molar-refractivity contribution < 1.29 is 0 Å². The SMILES string of the molecule is CC(C)N(c1ccccc1)c1ccccc1-c1ccccc1. The maximum absolute atomic E-state index is 2.39. The van der Waals surface area contributed by atoms with Crippen LogP contribution in [0.3, 0.4) is 0 Å². The molecule has 1 nitrogen and oxygen atoms in total. The van der Waals surface area contributed by atoms with Crippen molar-refractivity contribution in [2.75, 3.05) is 4.90 Å². The van der Waals surface area contributed by atoms with Crippen LogP contribution in [0.25, 0.3) is 11.1 Å². The van der Waals surface area contributed by atoms with E-state index in [0.717, 1.165) is 0 Å². The third-order valence-corrected chi connectivity index (χ3v) is 3.80. The van der Waals surface area contributed by atoms with Crippen LogP contribution in [0.1, 0.15) is 13.8 Å². The van der Waals surface area contributed by atoms with Crippen molar-refractivity contribution in [3.05, 3.63) is 84.9 Å². The Morgan fingerprint density at radius 3 is 1.82 bits per heavy atom. The molecular formula is C21H21N. The van der Waals surface area contributed by atoms with Gasteiger partial charge in [-0.05, 0) is 37.6 Å². The Bertz CT molecular complexity index is 717. The van der Waals surface area contributed by atoms with Gasteiger partial charge in [-0.1, -0.05) is 66.7 Å². The van der Waals surface area contributed by atoms with Crippen LogP contribution >= 0.6 is 0 Å². The molecule has 0 fully saturated rings. The largest absolute Gasteiger partial charge is 0.338 e. The van der Waals surface area contributed by atoms with E-state index in [1.807, 2.05) is 0 Å². The number of rotatable bonds is 4. The monoisotopic (exact) mass is 287 g/mol. The Labute approximate surface area is 132 Å². The van der Waals surface area contributed by atoms with Crippen molar-refractivity contribution >= 4 is 11.4 Å². The van der Waals surface area contributed by atoms with Gasteiger partial charge in [-0.3, -0.25) is 0 Å². The Morgan fingerprint density at radius 1 is 0.636 bits per heavy atom. The van der Waals surface area contributed by atoms with Crippen LogP contribution in [0.2, 0.25) is 0 Å². The molecule has 3 aromatic carbocycles. The third kappa shape index (κ3) is 2.89. The summed E-state index contributed by atoms with van der Waals surface area (Å²) < 4.78 is 0. The molecule has 0 spiro atoms. The molecule has 0 aliphatic carbocycles. The van der Waals surface area contributed by atoms with Gasteiger partial charge in [-0.2, -0.15) is 0 Å². The molecule has 0 saturated heterocycles. The van der Waals surface area contributed by atoms with E-state index in [2.05, 4.69) is 104 Å². The van der Waals surface area contributed by atoms with Crippen molar-refractivity contribution in [2.24, 2.45) is 0 Å².